The molecule has 1 aliphatic rings. The fourth-order valence-corrected chi connectivity index (χ4v) is 3.96. The molecule has 0 saturated carbocycles. The summed E-state index contributed by atoms with van der Waals surface area (Å²) < 4.78 is 6.59. The van der Waals surface area contributed by atoms with Crippen molar-refractivity contribution in [3.8, 4) is 0 Å². The lowest BCUT2D eigenvalue weighted by atomic mass is 9.88. The fraction of sp³-hybridized carbons (Fsp3) is 0.320. The fourth-order valence-electron chi connectivity index (χ4n) is 3.96. The van der Waals surface area contributed by atoms with E-state index in [1.807, 2.05) is 36.4 Å². The molecule has 0 radical (unpaired) electrons. The lowest BCUT2D eigenvalue weighted by molar-refractivity contribution is -0.121. The molecule has 0 unspecified atom stereocenters. The standard InChI is InChI=1S/C25H28N4O3/c30-24(19-29-25(31)12-11-23(27-29)28-15-17-32-18-16-28)26-14-13-22(20-7-3-1-4-8-20)21-9-5-2-6-10-21/h1-12,22H,13-19H2,(H,26,30). The second-order valence-corrected chi connectivity index (χ2v) is 7.80. The number of nitrogens with one attached hydrogen (secondary N) is 1. The number of morpholine rings is 1. The Bertz CT molecular complexity index is 1020. The predicted octanol–water partition coefficient (Wildman–Crippen LogP) is 2.42. The van der Waals surface area contributed by atoms with Crippen molar-refractivity contribution < 1.29 is 9.53 Å². The van der Waals surface area contributed by atoms with Crippen LogP contribution in [0.3, 0.4) is 0 Å². The lowest BCUT2D eigenvalue weighted by Gasteiger charge is -2.27. The molecule has 7 nitrogen and oxygen atoms in total. The van der Waals surface area contributed by atoms with Crippen LogP contribution in [0.4, 0.5) is 5.82 Å². The molecule has 0 spiro atoms. The smallest absolute Gasteiger partial charge is 0.267 e. The summed E-state index contributed by atoms with van der Waals surface area (Å²) >= 11 is 0. The highest BCUT2D eigenvalue weighted by molar-refractivity contribution is 5.75. The molecular weight excluding hydrogens is 404 g/mol. The molecule has 1 fully saturated rings. The van der Waals surface area contributed by atoms with Crippen molar-refractivity contribution in [2.45, 2.75) is 18.9 Å². The Morgan fingerprint density at radius 2 is 1.56 bits per heavy atom. The molecule has 1 aliphatic heterocycles. The van der Waals surface area contributed by atoms with Crippen LogP contribution in [0, 0.1) is 0 Å². The first kappa shape index (κ1) is 21.8. The third-order valence-electron chi connectivity index (χ3n) is 5.64. The van der Waals surface area contributed by atoms with Crippen molar-refractivity contribution in [3.05, 3.63) is 94.3 Å². The van der Waals surface area contributed by atoms with Gasteiger partial charge < -0.3 is 15.0 Å². The van der Waals surface area contributed by atoms with E-state index in [2.05, 4.69) is 39.6 Å². The Kier molecular flexibility index (Phi) is 7.30. The van der Waals surface area contributed by atoms with Gasteiger partial charge >= 0.3 is 0 Å². The molecule has 1 saturated heterocycles. The van der Waals surface area contributed by atoms with Crippen LogP contribution in [0.1, 0.15) is 23.5 Å². The summed E-state index contributed by atoms with van der Waals surface area (Å²) in [7, 11) is 0. The highest BCUT2D eigenvalue weighted by atomic mass is 16.5. The second kappa shape index (κ2) is 10.7. The van der Waals surface area contributed by atoms with Crippen LogP contribution in [0.5, 0.6) is 0 Å². The van der Waals surface area contributed by atoms with E-state index in [0.29, 0.717) is 25.6 Å². The number of hydrogen-bond acceptors (Lipinski definition) is 5. The molecule has 3 aromatic rings. The molecule has 2 aromatic carbocycles. The largest absolute Gasteiger partial charge is 0.378 e. The predicted molar refractivity (Wildman–Crippen MR) is 124 cm³/mol. The topological polar surface area (TPSA) is 76.5 Å². The highest BCUT2D eigenvalue weighted by Crippen LogP contribution is 2.27. The van der Waals surface area contributed by atoms with Crippen LogP contribution in [-0.2, 0) is 16.1 Å². The molecule has 7 heteroatoms. The number of hydrogen-bond donors (Lipinski definition) is 1. The molecule has 1 N–H and O–H groups in total. The maximum Gasteiger partial charge on any atom is 0.267 e. The van der Waals surface area contributed by atoms with E-state index in [9.17, 15) is 9.59 Å². The molecule has 166 valence electrons. The van der Waals surface area contributed by atoms with Gasteiger partial charge in [-0.1, -0.05) is 60.7 Å². The van der Waals surface area contributed by atoms with Crippen molar-refractivity contribution in [2.24, 2.45) is 0 Å². The van der Waals surface area contributed by atoms with Gasteiger partial charge in [0.05, 0.1) is 13.2 Å². The number of carbonyl (C=O) groups excluding carboxylic acids is 1. The minimum Gasteiger partial charge on any atom is -0.378 e. The van der Waals surface area contributed by atoms with Gasteiger partial charge in [0.1, 0.15) is 12.4 Å². The van der Waals surface area contributed by atoms with Gasteiger partial charge in [0.15, 0.2) is 0 Å². The van der Waals surface area contributed by atoms with Crippen molar-refractivity contribution in [3.63, 3.8) is 0 Å². The van der Waals surface area contributed by atoms with Gasteiger partial charge in [-0.05, 0) is 23.6 Å². The Labute approximate surface area is 187 Å². The molecule has 2 heterocycles. The normalized spacial score (nSPS) is 13.8. The van der Waals surface area contributed by atoms with Crippen LogP contribution in [0.15, 0.2) is 77.6 Å². The van der Waals surface area contributed by atoms with Crippen LogP contribution in [0.2, 0.25) is 0 Å². The lowest BCUT2D eigenvalue weighted by Crippen LogP contribution is -2.39. The van der Waals surface area contributed by atoms with E-state index in [1.165, 1.54) is 21.9 Å². The zero-order chi connectivity index (χ0) is 22.2. The number of ether oxygens (including phenoxy) is 1. The number of carbonyl (C=O) groups is 1. The first-order valence-electron chi connectivity index (χ1n) is 11.0. The SMILES string of the molecule is O=C(Cn1nc(N2CCOCC2)ccc1=O)NCCC(c1ccccc1)c1ccccc1. The number of amides is 1. The van der Waals surface area contributed by atoms with Crippen molar-refractivity contribution in [2.75, 3.05) is 37.7 Å². The van der Waals surface area contributed by atoms with E-state index in [1.54, 1.807) is 6.07 Å². The van der Waals surface area contributed by atoms with E-state index in [0.717, 1.165) is 19.5 Å². The number of benzene rings is 2. The van der Waals surface area contributed by atoms with Crippen molar-refractivity contribution >= 4 is 11.7 Å². The van der Waals surface area contributed by atoms with Gasteiger partial charge in [-0.15, -0.1) is 0 Å². The van der Waals surface area contributed by atoms with Crippen LogP contribution in [-0.4, -0.2) is 48.5 Å². The van der Waals surface area contributed by atoms with E-state index in [-0.39, 0.29) is 23.9 Å². The molecule has 4 rings (SSSR count). The zero-order valence-electron chi connectivity index (χ0n) is 18.0. The zero-order valence-corrected chi connectivity index (χ0v) is 18.0. The summed E-state index contributed by atoms with van der Waals surface area (Å²) in [5.74, 6) is 0.649. The number of rotatable bonds is 8. The molecule has 0 atom stereocenters. The van der Waals surface area contributed by atoms with E-state index >= 15 is 0 Å². The summed E-state index contributed by atoms with van der Waals surface area (Å²) in [4.78, 5) is 26.8. The average molecular weight is 433 g/mol. The molecular formula is C25H28N4O3. The average Bonchev–Trinajstić information content (AvgIpc) is 2.85. The van der Waals surface area contributed by atoms with Crippen LogP contribution in [0.25, 0.3) is 0 Å². The maximum absolute atomic E-state index is 12.6. The van der Waals surface area contributed by atoms with Gasteiger partial charge in [-0.2, -0.15) is 5.10 Å². The number of nitrogens with zero attached hydrogens (tertiary/aromatic N) is 3. The third-order valence-corrected chi connectivity index (χ3v) is 5.64. The highest BCUT2D eigenvalue weighted by Gasteiger charge is 2.16. The number of aromatic nitrogens is 2. The van der Waals surface area contributed by atoms with Gasteiger partial charge in [0, 0.05) is 31.6 Å². The maximum atomic E-state index is 12.6. The third kappa shape index (κ3) is 5.62. The Hall–Kier alpha value is -3.45. The summed E-state index contributed by atoms with van der Waals surface area (Å²) in [6, 6.07) is 23.7. The van der Waals surface area contributed by atoms with Crippen LogP contribution >= 0.6 is 0 Å². The molecule has 1 amide bonds. The van der Waals surface area contributed by atoms with Gasteiger partial charge in [0.2, 0.25) is 5.91 Å². The summed E-state index contributed by atoms with van der Waals surface area (Å²) in [6.45, 7) is 3.11. The summed E-state index contributed by atoms with van der Waals surface area (Å²) in [5.41, 5.74) is 2.14. The Morgan fingerprint density at radius 1 is 0.938 bits per heavy atom. The quantitative estimate of drug-likeness (QED) is 0.592. The van der Waals surface area contributed by atoms with Crippen molar-refractivity contribution in [1.29, 1.82) is 0 Å². The molecule has 0 bridgehead atoms. The van der Waals surface area contributed by atoms with E-state index in [4.69, 9.17) is 4.74 Å². The number of anilines is 1. The van der Waals surface area contributed by atoms with Gasteiger partial charge in [-0.3, -0.25) is 9.59 Å². The van der Waals surface area contributed by atoms with Gasteiger partial charge in [0.25, 0.3) is 5.56 Å². The minimum atomic E-state index is -0.288. The van der Waals surface area contributed by atoms with Crippen LogP contribution < -0.4 is 15.8 Å². The Balaban J connectivity index is 1.37. The summed E-state index contributed by atoms with van der Waals surface area (Å²) in [5, 5.41) is 7.34. The second-order valence-electron chi connectivity index (χ2n) is 7.80. The van der Waals surface area contributed by atoms with Gasteiger partial charge in [-0.25, -0.2) is 4.68 Å². The molecule has 0 aliphatic carbocycles. The van der Waals surface area contributed by atoms with Crippen molar-refractivity contribution in [1.82, 2.24) is 15.1 Å². The first-order chi connectivity index (χ1) is 15.7. The monoisotopic (exact) mass is 432 g/mol. The molecule has 32 heavy (non-hydrogen) atoms. The Morgan fingerprint density at radius 3 is 2.19 bits per heavy atom. The molecule has 1 aromatic heterocycles. The summed E-state index contributed by atoms with van der Waals surface area (Å²) in [6.07, 6.45) is 0.760. The van der Waals surface area contributed by atoms with E-state index < -0.39 is 0 Å². The first-order valence-corrected chi connectivity index (χ1v) is 11.0. The minimum absolute atomic E-state index is 0.0989.